The minimum absolute atomic E-state index is 0.115. The molecule has 0 radical (unpaired) electrons. The first-order valence-corrected chi connectivity index (χ1v) is 10.1. The highest BCUT2D eigenvalue weighted by Gasteiger charge is 2.23. The molecule has 0 unspecified atom stereocenters. The Balaban J connectivity index is 1.34. The Kier molecular flexibility index (Phi) is 5.80. The molecular weight excluding hydrogens is 360 g/mol. The molecule has 4 rings (SSSR count). The number of likely N-dealkylation sites (tertiary alicyclic amines) is 1. The second-order valence-electron chi connectivity index (χ2n) is 7.39. The van der Waals surface area contributed by atoms with Crippen molar-refractivity contribution in [1.29, 1.82) is 0 Å². The summed E-state index contributed by atoms with van der Waals surface area (Å²) < 4.78 is 5.29. The molecule has 1 aliphatic rings. The molecule has 29 heavy (non-hydrogen) atoms. The first-order valence-electron chi connectivity index (χ1n) is 10.1. The highest BCUT2D eigenvalue weighted by atomic mass is 16.5. The average molecular weight is 386 g/mol. The Labute approximate surface area is 172 Å². The van der Waals surface area contributed by atoms with Crippen LogP contribution in [0.3, 0.4) is 0 Å². The van der Waals surface area contributed by atoms with Crippen LogP contribution in [0, 0.1) is 0 Å². The lowest BCUT2D eigenvalue weighted by Gasteiger charge is -2.33. The molecule has 0 aromatic heterocycles. The molecule has 1 heterocycles. The van der Waals surface area contributed by atoms with Crippen LogP contribution in [-0.4, -0.2) is 37.0 Å². The number of piperidine rings is 1. The molecule has 3 aromatic carbocycles. The number of hydrogen-bond donors (Lipinski definition) is 1. The summed E-state index contributed by atoms with van der Waals surface area (Å²) >= 11 is 0. The summed E-state index contributed by atoms with van der Waals surface area (Å²) in [5.74, 6) is 0.964. The van der Waals surface area contributed by atoms with Gasteiger partial charge in [0.1, 0.15) is 5.75 Å². The number of methoxy groups -OCH3 is 1. The van der Waals surface area contributed by atoms with Gasteiger partial charge in [-0.3, -0.25) is 4.79 Å². The van der Waals surface area contributed by atoms with E-state index in [-0.39, 0.29) is 5.91 Å². The van der Waals surface area contributed by atoms with Gasteiger partial charge in [-0.05, 0) is 48.2 Å². The van der Waals surface area contributed by atoms with Crippen LogP contribution < -0.4 is 10.1 Å². The fourth-order valence-electron chi connectivity index (χ4n) is 3.79. The maximum Gasteiger partial charge on any atom is 0.253 e. The number of ether oxygens (including phenoxy) is 1. The van der Waals surface area contributed by atoms with Crippen LogP contribution in [0.1, 0.15) is 23.2 Å². The molecule has 0 atom stereocenters. The van der Waals surface area contributed by atoms with Crippen molar-refractivity contribution in [1.82, 2.24) is 4.90 Å². The molecule has 1 aliphatic heterocycles. The molecule has 1 N–H and O–H groups in total. The number of rotatable bonds is 5. The van der Waals surface area contributed by atoms with E-state index < -0.39 is 0 Å². The molecule has 0 saturated carbocycles. The van der Waals surface area contributed by atoms with Gasteiger partial charge in [-0.25, -0.2) is 0 Å². The van der Waals surface area contributed by atoms with Crippen molar-refractivity contribution in [3.8, 4) is 16.9 Å². The summed E-state index contributed by atoms with van der Waals surface area (Å²) in [6.07, 6.45) is 1.87. The van der Waals surface area contributed by atoms with Crippen molar-refractivity contribution < 1.29 is 9.53 Å². The third-order valence-corrected chi connectivity index (χ3v) is 5.46. The van der Waals surface area contributed by atoms with E-state index in [9.17, 15) is 4.79 Å². The van der Waals surface area contributed by atoms with Gasteiger partial charge in [0.15, 0.2) is 0 Å². The normalized spacial score (nSPS) is 14.4. The number of benzene rings is 3. The molecule has 4 nitrogen and oxygen atoms in total. The van der Waals surface area contributed by atoms with Crippen molar-refractivity contribution >= 4 is 11.6 Å². The lowest BCUT2D eigenvalue weighted by atomic mass is 10.0. The van der Waals surface area contributed by atoms with Crippen LogP contribution in [-0.2, 0) is 0 Å². The number of carbonyl (C=O) groups is 1. The van der Waals surface area contributed by atoms with Crippen molar-refractivity contribution in [2.24, 2.45) is 0 Å². The molecule has 0 spiro atoms. The summed E-state index contributed by atoms with van der Waals surface area (Å²) in [5.41, 5.74) is 4.11. The monoisotopic (exact) mass is 386 g/mol. The van der Waals surface area contributed by atoms with Gasteiger partial charge in [0.25, 0.3) is 5.91 Å². The highest BCUT2D eigenvalue weighted by Crippen LogP contribution is 2.23. The molecular formula is C25H26N2O2. The van der Waals surface area contributed by atoms with Crippen molar-refractivity contribution in [2.45, 2.75) is 18.9 Å². The molecule has 1 fully saturated rings. The van der Waals surface area contributed by atoms with Gasteiger partial charge in [0.2, 0.25) is 0 Å². The highest BCUT2D eigenvalue weighted by molar-refractivity contribution is 5.94. The second kappa shape index (κ2) is 8.82. The van der Waals surface area contributed by atoms with E-state index in [1.165, 1.54) is 0 Å². The number of hydrogen-bond acceptors (Lipinski definition) is 3. The molecule has 148 valence electrons. The first-order chi connectivity index (χ1) is 14.2. The summed E-state index contributed by atoms with van der Waals surface area (Å²) in [7, 11) is 1.68. The summed E-state index contributed by atoms with van der Waals surface area (Å²) in [6.45, 7) is 1.53. The van der Waals surface area contributed by atoms with Crippen molar-refractivity contribution in [3.05, 3.63) is 84.4 Å². The quantitative estimate of drug-likeness (QED) is 0.665. The van der Waals surface area contributed by atoms with Gasteiger partial charge in [-0.2, -0.15) is 0 Å². The molecule has 0 bridgehead atoms. The largest absolute Gasteiger partial charge is 0.497 e. The fraction of sp³-hybridized carbons (Fsp3) is 0.240. The zero-order valence-electron chi connectivity index (χ0n) is 16.7. The Hall–Kier alpha value is -3.27. The number of anilines is 1. The number of nitrogens with zero attached hydrogens (tertiary/aromatic N) is 1. The van der Waals surface area contributed by atoms with Crippen molar-refractivity contribution in [3.63, 3.8) is 0 Å². The van der Waals surface area contributed by atoms with Crippen LogP contribution in [0.5, 0.6) is 5.75 Å². The third-order valence-electron chi connectivity index (χ3n) is 5.46. The van der Waals surface area contributed by atoms with Crippen LogP contribution >= 0.6 is 0 Å². The predicted molar refractivity (Wildman–Crippen MR) is 117 cm³/mol. The molecule has 1 saturated heterocycles. The van der Waals surface area contributed by atoms with E-state index in [1.54, 1.807) is 7.11 Å². The Morgan fingerprint density at radius 1 is 0.897 bits per heavy atom. The molecule has 4 heteroatoms. The number of amides is 1. The fourth-order valence-corrected chi connectivity index (χ4v) is 3.79. The summed E-state index contributed by atoms with van der Waals surface area (Å²) in [4.78, 5) is 14.8. The van der Waals surface area contributed by atoms with E-state index in [0.29, 0.717) is 6.04 Å². The van der Waals surface area contributed by atoms with Crippen LogP contribution in [0.25, 0.3) is 11.1 Å². The molecule has 1 amide bonds. The van der Waals surface area contributed by atoms with Gasteiger partial charge in [-0.15, -0.1) is 0 Å². The average Bonchev–Trinajstić information content (AvgIpc) is 2.80. The van der Waals surface area contributed by atoms with Gasteiger partial charge in [-0.1, -0.05) is 48.5 Å². The second-order valence-corrected chi connectivity index (χ2v) is 7.39. The lowest BCUT2D eigenvalue weighted by Crippen LogP contribution is -2.42. The number of carbonyl (C=O) groups excluding carboxylic acids is 1. The molecule has 3 aromatic rings. The minimum atomic E-state index is 0.115. The standard InChI is InChI=1S/C25H26N2O2/c1-29-24-9-5-8-23(18-24)26-22-14-16-27(17-15-22)25(28)21-12-10-20(11-13-21)19-6-3-2-4-7-19/h2-13,18,22,26H,14-17H2,1H3. The lowest BCUT2D eigenvalue weighted by molar-refractivity contribution is 0.0718. The smallest absolute Gasteiger partial charge is 0.253 e. The van der Waals surface area contributed by atoms with E-state index in [4.69, 9.17) is 4.74 Å². The topological polar surface area (TPSA) is 41.6 Å². The van der Waals surface area contributed by atoms with E-state index in [0.717, 1.165) is 54.1 Å². The maximum absolute atomic E-state index is 12.9. The van der Waals surface area contributed by atoms with E-state index in [1.807, 2.05) is 71.6 Å². The Morgan fingerprint density at radius 3 is 2.28 bits per heavy atom. The third kappa shape index (κ3) is 4.60. The summed E-state index contributed by atoms with van der Waals surface area (Å²) in [5, 5.41) is 3.56. The van der Waals surface area contributed by atoms with Crippen LogP contribution in [0.15, 0.2) is 78.9 Å². The molecule has 0 aliphatic carbocycles. The van der Waals surface area contributed by atoms with Gasteiger partial charge >= 0.3 is 0 Å². The van der Waals surface area contributed by atoms with E-state index >= 15 is 0 Å². The zero-order chi connectivity index (χ0) is 20.1. The Bertz CT molecular complexity index is 946. The predicted octanol–water partition coefficient (Wildman–Crippen LogP) is 5.08. The first kappa shape index (κ1) is 19.1. The van der Waals surface area contributed by atoms with Crippen LogP contribution in [0.4, 0.5) is 5.69 Å². The summed E-state index contributed by atoms with van der Waals surface area (Å²) in [6, 6.07) is 26.5. The minimum Gasteiger partial charge on any atom is -0.497 e. The SMILES string of the molecule is COc1cccc(NC2CCN(C(=O)c3ccc(-c4ccccc4)cc3)CC2)c1. The van der Waals surface area contributed by atoms with Crippen molar-refractivity contribution in [2.75, 3.05) is 25.5 Å². The zero-order valence-corrected chi connectivity index (χ0v) is 16.7. The number of nitrogens with one attached hydrogen (secondary N) is 1. The van der Waals surface area contributed by atoms with Gasteiger partial charge in [0, 0.05) is 36.4 Å². The Morgan fingerprint density at radius 2 is 1.59 bits per heavy atom. The van der Waals surface area contributed by atoms with Gasteiger partial charge in [0.05, 0.1) is 7.11 Å². The van der Waals surface area contributed by atoms with Crippen LogP contribution in [0.2, 0.25) is 0 Å². The van der Waals surface area contributed by atoms with Gasteiger partial charge < -0.3 is 15.0 Å². The van der Waals surface area contributed by atoms with E-state index in [2.05, 4.69) is 17.4 Å². The maximum atomic E-state index is 12.9.